The molecule has 9 heteroatoms. The van der Waals surface area contributed by atoms with E-state index >= 15 is 0 Å². The number of hydrogen-bond acceptors (Lipinski definition) is 5. The Morgan fingerprint density at radius 2 is 1.64 bits per heavy atom. The zero-order valence-corrected chi connectivity index (χ0v) is 18.4. The van der Waals surface area contributed by atoms with E-state index in [1.54, 1.807) is 54.4 Å². The van der Waals surface area contributed by atoms with Gasteiger partial charge in [-0.25, -0.2) is 9.78 Å². The van der Waals surface area contributed by atoms with Crippen molar-refractivity contribution in [2.24, 2.45) is 0 Å². The molecule has 1 saturated heterocycles. The van der Waals surface area contributed by atoms with Gasteiger partial charge in [0.05, 0.1) is 0 Å². The fourth-order valence-electron chi connectivity index (χ4n) is 3.73. The van der Waals surface area contributed by atoms with Crippen LogP contribution >= 0.6 is 0 Å². The third-order valence-corrected chi connectivity index (χ3v) is 5.57. The highest BCUT2D eigenvalue weighted by atomic mass is 16.2. The molecule has 0 spiro atoms. The molecule has 170 valence electrons. The lowest BCUT2D eigenvalue weighted by Crippen LogP contribution is -2.50. The normalized spacial score (nSPS) is 13.5. The lowest BCUT2D eigenvalue weighted by Gasteiger charge is -2.35. The summed E-state index contributed by atoms with van der Waals surface area (Å²) in [4.78, 5) is 46.4. The fourth-order valence-corrected chi connectivity index (χ4v) is 3.73. The number of nitrogens with one attached hydrogen (secondary N) is 2. The van der Waals surface area contributed by atoms with Crippen LogP contribution in [0.25, 0.3) is 0 Å². The van der Waals surface area contributed by atoms with Crippen LogP contribution in [0.5, 0.6) is 0 Å². The first-order chi connectivity index (χ1) is 16.0. The zero-order valence-electron chi connectivity index (χ0n) is 18.4. The number of carbonyl (C=O) groups excluding carboxylic acids is 2. The Kier molecular flexibility index (Phi) is 6.68. The summed E-state index contributed by atoms with van der Waals surface area (Å²) in [7, 11) is 0. The maximum Gasteiger partial charge on any atom is 0.323 e. The summed E-state index contributed by atoms with van der Waals surface area (Å²) in [6, 6.07) is 17.5. The molecule has 33 heavy (non-hydrogen) atoms. The predicted octanol–water partition coefficient (Wildman–Crippen LogP) is 2.54. The Balaban J connectivity index is 1.39. The Hall–Kier alpha value is -4.14. The number of anilines is 3. The summed E-state index contributed by atoms with van der Waals surface area (Å²) in [6.07, 6.45) is 1.75. The minimum Gasteiger partial charge on any atom is -0.353 e. The highest BCUT2D eigenvalue weighted by Crippen LogP contribution is 2.13. The summed E-state index contributed by atoms with van der Waals surface area (Å²) >= 11 is 0. The summed E-state index contributed by atoms with van der Waals surface area (Å²) < 4.78 is 1.39. The first kappa shape index (κ1) is 22.1. The molecule has 1 aromatic carbocycles. The van der Waals surface area contributed by atoms with Crippen molar-refractivity contribution >= 4 is 29.1 Å². The smallest absolute Gasteiger partial charge is 0.323 e. The maximum absolute atomic E-state index is 13.0. The molecule has 0 radical (unpaired) electrons. The Bertz CT molecular complexity index is 1170. The van der Waals surface area contributed by atoms with Gasteiger partial charge in [-0.3, -0.25) is 9.59 Å². The van der Waals surface area contributed by atoms with Crippen LogP contribution in [-0.2, 0) is 11.3 Å². The molecular formula is C24H26N6O3. The number of benzene rings is 1. The zero-order chi connectivity index (χ0) is 23.2. The quantitative estimate of drug-likeness (QED) is 0.628. The van der Waals surface area contributed by atoms with Gasteiger partial charge in [0, 0.05) is 43.8 Å². The van der Waals surface area contributed by atoms with Gasteiger partial charge in [-0.15, -0.1) is 0 Å². The van der Waals surface area contributed by atoms with Gasteiger partial charge in [0.25, 0.3) is 5.56 Å². The number of hydrogen-bond donors (Lipinski definition) is 2. The molecule has 4 rings (SSSR count). The Morgan fingerprint density at radius 3 is 2.33 bits per heavy atom. The lowest BCUT2D eigenvalue weighted by molar-refractivity contribution is -0.132. The second-order valence-corrected chi connectivity index (χ2v) is 7.78. The van der Waals surface area contributed by atoms with Crippen molar-refractivity contribution < 1.29 is 9.59 Å². The average Bonchev–Trinajstić information content (AvgIpc) is 2.85. The Morgan fingerprint density at radius 1 is 0.909 bits per heavy atom. The third-order valence-electron chi connectivity index (χ3n) is 5.57. The van der Waals surface area contributed by atoms with E-state index in [9.17, 15) is 14.4 Å². The van der Waals surface area contributed by atoms with Crippen molar-refractivity contribution in [2.45, 2.75) is 13.5 Å². The first-order valence-corrected chi connectivity index (χ1v) is 10.8. The molecule has 0 saturated carbocycles. The number of carbonyl (C=O) groups is 2. The summed E-state index contributed by atoms with van der Waals surface area (Å²) in [5, 5.41) is 5.26. The van der Waals surface area contributed by atoms with E-state index in [1.165, 1.54) is 4.57 Å². The van der Waals surface area contributed by atoms with Gasteiger partial charge in [0.15, 0.2) is 0 Å². The fraction of sp³-hybridized carbons (Fsp3) is 0.250. The number of aromatic nitrogens is 2. The van der Waals surface area contributed by atoms with Crippen molar-refractivity contribution in [3.63, 3.8) is 0 Å². The van der Waals surface area contributed by atoms with E-state index < -0.39 is 11.6 Å². The van der Waals surface area contributed by atoms with Crippen LogP contribution in [0.2, 0.25) is 0 Å². The van der Waals surface area contributed by atoms with Crippen molar-refractivity contribution in [1.29, 1.82) is 0 Å². The van der Waals surface area contributed by atoms with E-state index in [-0.39, 0.29) is 18.1 Å². The van der Waals surface area contributed by atoms with Crippen LogP contribution in [-0.4, -0.2) is 52.6 Å². The van der Waals surface area contributed by atoms with Gasteiger partial charge in [-0.2, -0.15) is 0 Å². The monoisotopic (exact) mass is 446 g/mol. The van der Waals surface area contributed by atoms with E-state index in [0.717, 1.165) is 5.82 Å². The summed E-state index contributed by atoms with van der Waals surface area (Å²) in [5.74, 6) is 0.760. The molecule has 3 amide bonds. The van der Waals surface area contributed by atoms with Crippen molar-refractivity contribution in [2.75, 3.05) is 41.7 Å². The van der Waals surface area contributed by atoms with Gasteiger partial charge >= 0.3 is 6.03 Å². The minimum absolute atomic E-state index is 0.0793. The van der Waals surface area contributed by atoms with E-state index in [2.05, 4.69) is 20.5 Å². The third kappa shape index (κ3) is 5.38. The molecule has 3 heterocycles. The molecule has 1 aliphatic rings. The SMILES string of the molecule is Cc1ccc(NC(=O)Nc2ccccc2)c(=O)n1CC(=O)N1CCN(c2ccccn2)CC1. The second kappa shape index (κ2) is 9.99. The molecule has 0 unspecified atom stereocenters. The van der Waals surface area contributed by atoms with Gasteiger partial charge in [0.2, 0.25) is 5.91 Å². The Labute approximate surface area is 191 Å². The van der Waals surface area contributed by atoms with Crippen LogP contribution in [0.4, 0.5) is 22.0 Å². The van der Waals surface area contributed by atoms with Gasteiger partial charge in [-0.1, -0.05) is 24.3 Å². The molecule has 1 fully saturated rings. The molecule has 2 N–H and O–H groups in total. The predicted molar refractivity (Wildman–Crippen MR) is 128 cm³/mol. The van der Waals surface area contributed by atoms with E-state index in [1.807, 2.05) is 24.3 Å². The van der Waals surface area contributed by atoms with Crippen molar-refractivity contribution in [1.82, 2.24) is 14.5 Å². The minimum atomic E-state index is -0.523. The molecule has 0 atom stereocenters. The number of aryl methyl sites for hydroxylation is 1. The first-order valence-electron chi connectivity index (χ1n) is 10.8. The van der Waals surface area contributed by atoms with Crippen LogP contribution in [0.1, 0.15) is 5.69 Å². The summed E-state index contributed by atoms with van der Waals surface area (Å²) in [6.45, 7) is 4.16. The molecule has 0 aliphatic carbocycles. The van der Waals surface area contributed by atoms with Crippen molar-refractivity contribution in [3.8, 4) is 0 Å². The van der Waals surface area contributed by atoms with Gasteiger partial charge < -0.3 is 25.0 Å². The van der Waals surface area contributed by atoms with Crippen molar-refractivity contribution in [3.05, 3.63) is 82.9 Å². The highest BCUT2D eigenvalue weighted by molar-refractivity contribution is 5.99. The van der Waals surface area contributed by atoms with Crippen LogP contribution in [0.3, 0.4) is 0 Å². The summed E-state index contributed by atoms with van der Waals surface area (Å²) in [5.41, 5.74) is 0.956. The second-order valence-electron chi connectivity index (χ2n) is 7.78. The molecule has 3 aromatic rings. The number of piperazine rings is 1. The molecular weight excluding hydrogens is 420 g/mol. The molecule has 9 nitrogen and oxygen atoms in total. The number of para-hydroxylation sites is 1. The molecule has 0 bridgehead atoms. The topological polar surface area (TPSA) is 99.6 Å². The number of nitrogens with zero attached hydrogens (tertiary/aromatic N) is 4. The standard InChI is InChI=1S/C24H26N6O3/c1-18-10-11-20(27-24(33)26-19-7-3-2-4-8-19)23(32)30(18)17-22(31)29-15-13-28(14-16-29)21-9-5-6-12-25-21/h2-12H,13-17H2,1H3,(H2,26,27,33). The van der Waals surface area contributed by atoms with Crippen LogP contribution in [0.15, 0.2) is 71.7 Å². The van der Waals surface area contributed by atoms with Gasteiger partial charge in [0.1, 0.15) is 18.1 Å². The lowest BCUT2D eigenvalue weighted by atomic mass is 10.2. The van der Waals surface area contributed by atoms with Gasteiger partial charge in [-0.05, 0) is 43.3 Å². The highest BCUT2D eigenvalue weighted by Gasteiger charge is 2.23. The molecule has 2 aromatic heterocycles. The maximum atomic E-state index is 13.0. The average molecular weight is 447 g/mol. The number of urea groups is 1. The van der Waals surface area contributed by atoms with E-state index in [4.69, 9.17) is 0 Å². The van der Waals surface area contributed by atoms with E-state index in [0.29, 0.717) is 37.6 Å². The van der Waals surface area contributed by atoms with Crippen LogP contribution in [0, 0.1) is 6.92 Å². The largest absolute Gasteiger partial charge is 0.353 e. The number of amides is 3. The number of pyridine rings is 2. The molecule has 1 aliphatic heterocycles. The van der Waals surface area contributed by atoms with Crippen LogP contribution < -0.4 is 21.1 Å². The number of rotatable bonds is 5.